The molecule has 0 bridgehead atoms. The third kappa shape index (κ3) is 5.82. The summed E-state index contributed by atoms with van der Waals surface area (Å²) in [5.74, 6) is 0.262. The third-order valence-electron chi connectivity index (χ3n) is 4.15. The smallest absolute Gasteiger partial charge is 0.262 e. The first-order chi connectivity index (χ1) is 12.6. The monoisotopic (exact) mass is 432 g/mol. The number of nitrogens with one attached hydrogen (secondary N) is 1. The lowest BCUT2D eigenvalue weighted by Crippen LogP contribution is -2.23. The van der Waals surface area contributed by atoms with Crippen molar-refractivity contribution in [2.45, 2.75) is 33.1 Å². The van der Waals surface area contributed by atoms with E-state index in [4.69, 9.17) is 4.74 Å². The van der Waals surface area contributed by atoms with E-state index in [1.807, 2.05) is 18.2 Å². The predicted octanol–water partition coefficient (Wildman–Crippen LogP) is 4.75. The molecule has 2 amide bonds. The summed E-state index contributed by atoms with van der Waals surface area (Å²) in [5, 5.41) is 2.78. The minimum absolute atomic E-state index is 0.0382. The van der Waals surface area contributed by atoms with E-state index in [1.165, 1.54) is 17.4 Å². The lowest BCUT2D eigenvalue weighted by molar-refractivity contribution is -0.118. The lowest BCUT2D eigenvalue weighted by atomic mass is 9.87. The average molecular weight is 433 g/mol. The summed E-state index contributed by atoms with van der Waals surface area (Å²) < 4.78 is 6.44. The van der Waals surface area contributed by atoms with Crippen molar-refractivity contribution in [1.82, 2.24) is 0 Å². The van der Waals surface area contributed by atoms with Gasteiger partial charge in [0.15, 0.2) is 6.61 Å². The molecule has 0 aromatic heterocycles. The summed E-state index contributed by atoms with van der Waals surface area (Å²) in [6.07, 6.45) is 0. The molecule has 0 aliphatic carbocycles. The number of ether oxygens (including phenoxy) is 1. The van der Waals surface area contributed by atoms with Gasteiger partial charge in [0, 0.05) is 25.3 Å². The standard InChI is InChI=1S/C21H25BrN2O3/c1-14(25)24(5)17-8-6-7-16(12-17)23-20(26)13-27-19-10-9-15(11-18(19)22)21(2,3)4/h6-12H,13H2,1-5H3,(H,23,26). The number of hydrogen-bond acceptors (Lipinski definition) is 3. The van der Waals surface area contributed by atoms with Crippen LogP contribution in [0.1, 0.15) is 33.3 Å². The molecule has 0 unspecified atom stereocenters. The largest absolute Gasteiger partial charge is 0.483 e. The zero-order valence-electron chi connectivity index (χ0n) is 16.3. The Morgan fingerprint density at radius 1 is 1.15 bits per heavy atom. The molecule has 2 rings (SSSR count). The molecular formula is C21H25BrN2O3. The zero-order valence-corrected chi connectivity index (χ0v) is 17.9. The number of benzene rings is 2. The minimum Gasteiger partial charge on any atom is -0.483 e. The average Bonchev–Trinajstić information content (AvgIpc) is 2.59. The zero-order chi connectivity index (χ0) is 20.2. The highest BCUT2D eigenvalue weighted by molar-refractivity contribution is 9.10. The summed E-state index contributed by atoms with van der Waals surface area (Å²) in [6.45, 7) is 7.79. The molecule has 6 heteroatoms. The van der Waals surface area contributed by atoms with Crippen LogP contribution in [0.15, 0.2) is 46.9 Å². The van der Waals surface area contributed by atoms with Gasteiger partial charge in [-0.2, -0.15) is 0 Å². The van der Waals surface area contributed by atoms with E-state index in [1.54, 1.807) is 31.3 Å². The van der Waals surface area contributed by atoms with Crippen molar-refractivity contribution in [2.24, 2.45) is 0 Å². The van der Waals surface area contributed by atoms with E-state index in [0.717, 1.165) is 4.47 Å². The Hall–Kier alpha value is -2.34. The fourth-order valence-corrected chi connectivity index (χ4v) is 2.89. The molecular weight excluding hydrogens is 408 g/mol. The van der Waals surface area contributed by atoms with Crippen molar-refractivity contribution >= 4 is 39.1 Å². The molecule has 0 heterocycles. The fraction of sp³-hybridized carbons (Fsp3) is 0.333. The molecule has 1 N–H and O–H groups in total. The molecule has 0 radical (unpaired) electrons. The second-order valence-corrected chi connectivity index (χ2v) is 8.21. The van der Waals surface area contributed by atoms with Crippen LogP contribution in [-0.2, 0) is 15.0 Å². The van der Waals surface area contributed by atoms with E-state index >= 15 is 0 Å². The van der Waals surface area contributed by atoms with E-state index < -0.39 is 0 Å². The second kappa shape index (κ2) is 8.57. The molecule has 0 fully saturated rings. The maximum atomic E-state index is 12.2. The third-order valence-corrected chi connectivity index (χ3v) is 4.77. The van der Waals surface area contributed by atoms with Crippen LogP contribution in [0.5, 0.6) is 5.75 Å². The van der Waals surface area contributed by atoms with Crippen molar-refractivity contribution in [3.05, 3.63) is 52.5 Å². The summed E-state index contributed by atoms with van der Waals surface area (Å²) in [5.41, 5.74) is 2.53. The number of nitrogens with zero attached hydrogens (tertiary/aromatic N) is 1. The molecule has 144 valence electrons. The van der Waals surface area contributed by atoms with E-state index in [-0.39, 0.29) is 23.8 Å². The van der Waals surface area contributed by atoms with Gasteiger partial charge in [-0.15, -0.1) is 0 Å². The lowest BCUT2D eigenvalue weighted by Gasteiger charge is -2.20. The van der Waals surface area contributed by atoms with Crippen LogP contribution >= 0.6 is 15.9 Å². The van der Waals surface area contributed by atoms with Gasteiger partial charge in [0.05, 0.1) is 4.47 Å². The van der Waals surface area contributed by atoms with Crippen molar-refractivity contribution in [3.63, 3.8) is 0 Å². The molecule has 0 atom stereocenters. The van der Waals surface area contributed by atoms with Gasteiger partial charge in [-0.1, -0.05) is 32.9 Å². The highest BCUT2D eigenvalue weighted by Crippen LogP contribution is 2.31. The number of carbonyl (C=O) groups is 2. The second-order valence-electron chi connectivity index (χ2n) is 7.36. The minimum atomic E-state index is -0.274. The van der Waals surface area contributed by atoms with Crippen molar-refractivity contribution in [3.8, 4) is 5.75 Å². The van der Waals surface area contributed by atoms with Crippen molar-refractivity contribution < 1.29 is 14.3 Å². The van der Waals surface area contributed by atoms with Crippen LogP contribution in [0.4, 0.5) is 11.4 Å². The molecule has 5 nitrogen and oxygen atoms in total. The number of carbonyl (C=O) groups excluding carboxylic acids is 2. The number of hydrogen-bond donors (Lipinski definition) is 1. The topological polar surface area (TPSA) is 58.6 Å². The van der Waals surface area contributed by atoms with E-state index in [9.17, 15) is 9.59 Å². The molecule has 0 saturated heterocycles. The highest BCUT2D eigenvalue weighted by Gasteiger charge is 2.16. The van der Waals surface area contributed by atoms with Gasteiger partial charge in [-0.05, 0) is 57.2 Å². The van der Waals surface area contributed by atoms with Crippen LogP contribution in [0.2, 0.25) is 0 Å². The highest BCUT2D eigenvalue weighted by atomic mass is 79.9. The number of anilines is 2. The summed E-state index contributed by atoms with van der Waals surface area (Å²) in [4.78, 5) is 25.2. The molecule has 2 aromatic carbocycles. The first-order valence-corrected chi connectivity index (χ1v) is 9.44. The first-order valence-electron chi connectivity index (χ1n) is 8.65. The van der Waals surface area contributed by atoms with Gasteiger partial charge in [0.2, 0.25) is 5.91 Å². The Morgan fingerprint density at radius 2 is 1.85 bits per heavy atom. The number of halogens is 1. The Morgan fingerprint density at radius 3 is 2.44 bits per heavy atom. The maximum absolute atomic E-state index is 12.2. The van der Waals surface area contributed by atoms with E-state index in [0.29, 0.717) is 17.1 Å². The SMILES string of the molecule is CC(=O)N(C)c1cccc(NC(=O)COc2ccc(C(C)(C)C)cc2Br)c1. The Balaban J connectivity index is 1.99. The normalized spacial score (nSPS) is 11.0. The van der Waals surface area contributed by atoms with Crippen molar-refractivity contribution in [2.75, 3.05) is 23.9 Å². The molecule has 0 spiro atoms. The molecule has 0 aliphatic heterocycles. The quantitative estimate of drug-likeness (QED) is 0.741. The van der Waals surface area contributed by atoms with Crippen LogP contribution in [0.25, 0.3) is 0 Å². The van der Waals surface area contributed by atoms with Crippen molar-refractivity contribution in [1.29, 1.82) is 0 Å². The first kappa shape index (κ1) is 21.0. The number of amides is 2. The molecule has 2 aromatic rings. The predicted molar refractivity (Wildman–Crippen MR) is 112 cm³/mol. The van der Waals surface area contributed by atoms with Crippen LogP contribution < -0.4 is 15.0 Å². The summed E-state index contributed by atoms with van der Waals surface area (Å²) >= 11 is 3.50. The molecule has 0 saturated carbocycles. The maximum Gasteiger partial charge on any atom is 0.262 e. The Bertz CT molecular complexity index is 844. The fourth-order valence-electron chi connectivity index (χ4n) is 2.40. The van der Waals surface area contributed by atoms with Gasteiger partial charge < -0.3 is 15.0 Å². The molecule has 27 heavy (non-hydrogen) atoms. The van der Waals surface area contributed by atoms with E-state index in [2.05, 4.69) is 42.0 Å². The van der Waals surface area contributed by atoms with Gasteiger partial charge in [-0.3, -0.25) is 9.59 Å². The Labute approximate surface area is 168 Å². The van der Waals surface area contributed by atoms with Crippen LogP contribution in [-0.4, -0.2) is 25.5 Å². The van der Waals surface area contributed by atoms with Gasteiger partial charge >= 0.3 is 0 Å². The summed E-state index contributed by atoms with van der Waals surface area (Å²) in [7, 11) is 1.69. The Kier molecular flexibility index (Phi) is 6.65. The van der Waals surface area contributed by atoms with Gasteiger partial charge in [0.1, 0.15) is 5.75 Å². The molecule has 0 aliphatic rings. The van der Waals surface area contributed by atoms with Crippen LogP contribution in [0.3, 0.4) is 0 Å². The number of rotatable bonds is 5. The van der Waals surface area contributed by atoms with Gasteiger partial charge in [-0.25, -0.2) is 0 Å². The summed E-state index contributed by atoms with van der Waals surface area (Å²) in [6, 6.07) is 13.0. The van der Waals surface area contributed by atoms with Gasteiger partial charge in [0.25, 0.3) is 5.91 Å². The van der Waals surface area contributed by atoms with Crippen LogP contribution in [0, 0.1) is 0 Å².